The van der Waals surface area contributed by atoms with Crippen molar-refractivity contribution in [2.75, 3.05) is 20.1 Å². The number of rotatable bonds is 4. The molecule has 1 aliphatic heterocycles. The van der Waals surface area contributed by atoms with E-state index in [0.717, 1.165) is 42.9 Å². The van der Waals surface area contributed by atoms with E-state index in [-0.39, 0.29) is 18.3 Å². The highest BCUT2D eigenvalue weighted by Crippen LogP contribution is 2.23. The highest BCUT2D eigenvalue weighted by Gasteiger charge is 2.23. The maximum absolute atomic E-state index is 12.9. The van der Waals surface area contributed by atoms with E-state index >= 15 is 0 Å². The molecule has 28 heavy (non-hydrogen) atoms. The van der Waals surface area contributed by atoms with Crippen molar-refractivity contribution in [1.29, 1.82) is 0 Å². The van der Waals surface area contributed by atoms with Gasteiger partial charge in [0.1, 0.15) is 0 Å². The average Bonchev–Trinajstić information content (AvgIpc) is 3.24. The average molecular weight is 397 g/mol. The minimum absolute atomic E-state index is 0. The van der Waals surface area contributed by atoms with Crippen LogP contribution < -0.4 is 5.32 Å². The molecule has 3 aromatic rings. The van der Waals surface area contributed by atoms with Gasteiger partial charge < -0.3 is 10.2 Å². The molecule has 4 rings (SSSR count). The highest BCUT2D eigenvalue weighted by molar-refractivity contribution is 5.94. The number of nitrogens with one attached hydrogen (secondary N) is 1. The Balaban J connectivity index is 0.00000225. The van der Waals surface area contributed by atoms with Gasteiger partial charge in [0.25, 0.3) is 5.91 Å². The third-order valence-corrected chi connectivity index (χ3v) is 5.24. The van der Waals surface area contributed by atoms with Crippen LogP contribution in [0.1, 0.15) is 23.2 Å². The molecule has 0 radical (unpaired) electrons. The van der Waals surface area contributed by atoms with Crippen LogP contribution in [0.5, 0.6) is 0 Å². The number of halogens is 1. The van der Waals surface area contributed by atoms with Gasteiger partial charge in [0, 0.05) is 30.3 Å². The fourth-order valence-electron chi connectivity index (χ4n) is 3.66. The van der Waals surface area contributed by atoms with Crippen LogP contribution in [0.2, 0.25) is 0 Å². The number of hydrogen-bond acceptors (Lipinski definition) is 3. The van der Waals surface area contributed by atoms with E-state index in [9.17, 15) is 4.79 Å². The summed E-state index contributed by atoms with van der Waals surface area (Å²) >= 11 is 0. The standard InChI is InChI=1S/C22H24N4O.ClH/c1-23-19-11-14-25(15-12-19)22(27)18-8-5-9-20(16-18)26-21(10-13-24-26)17-6-3-2-4-7-17;/h2-10,13,16,19,23H,11-12,14-15H2,1H3;1H. The summed E-state index contributed by atoms with van der Waals surface area (Å²) in [5.74, 6) is 0.0971. The highest BCUT2D eigenvalue weighted by atomic mass is 35.5. The molecule has 2 aromatic carbocycles. The predicted octanol–water partition coefficient (Wildman–Crippen LogP) is 3.79. The van der Waals surface area contributed by atoms with Gasteiger partial charge in [-0.25, -0.2) is 4.68 Å². The van der Waals surface area contributed by atoms with Gasteiger partial charge in [-0.3, -0.25) is 4.79 Å². The van der Waals surface area contributed by atoms with Crippen molar-refractivity contribution in [3.8, 4) is 16.9 Å². The van der Waals surface area contributed by atoms with Crippen LogP contribution >= 0.6 is 12.4 Å². The zero-order valence-corrected chi connectivity index (χ0v) is 16.7. The minimum Gasteiger partial charge on any atom is -0.339 e. The normalized spacial score (nSPS) is 14.5. The summed E-state index contributed by atoms with van der Waals surface area (Å²) in [5, 5.41) is 7.78. The van der Waals surface area contributed by atoms with E-state index in [2.05, 4.69) is 22.5 Å². The van der Waals surface area contributed by atoms with Crippen LogP contribution in [0.4, 0.5) is 0 Å². The Morgan fingerprint density at radius 1 is 1.04 bits per heavy atom. The van der Waals surface area contributed by atoms with Gasteiger partial charge in [-0.2, -0.15) is 5.10 Å². The van der Waals surface area contributed by atoms with E-state index in [1.54, 1.807) is 6.20 Å². The van der Waals surface area contributed by atoms with Crippen molar-refractivity contribution in [2.45, 2.75) is 18.9 Å². The van der Waals surface area contributed by atoms with Crippen LogP contribution in [0.25, 0.3) is 16.9 Å². The first kappa shape index (κ1) is 20.1. The van der Waals surface area contributed by atoms with Crippen molar-refractivity contribution in [3.63, 3.8) is 0 Å². The minimum atomic E-state index is 0. The summed E-state index contributed by atoms with van der Waals surface area (Å²) in [4.78, 5) is 14.9. The molecule has 5 nitrogen and oxygen atoms in total. The maximum atomic E-state index is 12.9. The second-order valence-electron chi connectivity index (χ2n) is 6.90. The SMILES string of the molecule is CNC1CCN(C(=O)c2cccc(-n3nccc3-c3ccccc3)c2)CC1.Cl. The molecule has 6 heteroatoms. The second-order valence-corrected chi connectivity index (χ2v) is 6.90. The molecular weight excluding hydrogens is 372 g/mol. The van der Waals surface area contributed by atoms with Gasteiger partial charge in [0.05, 0.1) is 17.6 Å². The molecule has 1 aliphatic rings. The molecule has 1 saturated heterocycles. The molecule has 1 aromatic heterocycles. The lowest BCUT2D eigenvalue weighted by molar-refractivity contribution is 0.0707. The molecule has 1 amide bonds. The molecular formula is C22H25ClN4O. The summed E-state index contributed by atoms with van der Waals surface area (Å²) in [5.41, 5.74) is 3.72. The van der Waals surface area contributed by atoms with Crippen LogP contribution in [0, 0.1) is 0 Å². The van der Waals surface area contributed by atoms with Crippen molar-refractivity contribution >= 4 is 18.3 Å². The Kier molecular flexibility index (Phi) is 6.49. The van der Waals surface area contributed by atoms with Gasteiger partial charge in [-0.15, -0.1) is 12.4 Å². The number of benzene rings is 2. The van der Waals surface area contributed by atoms with Gasteiger partial charge in [0.2, 0.25) is 0 Å². The molecule has 2 heterocycles. The predicted molar refractivity (Wildman–Crippen MR) is 114 cm³/mol. The maximum Gasteiger partial charge on any atom is 0.253 e. The van der Waals surface area contributed by atoms with Crippen molar-refractivity contribution in [2.24, 2.45) is 0 Å². The van der Waals surface area contributed by atoms with E-state index in [0.29, 0.717) is 11.6 Å². The third-order valence-electron chi connectivity index (χ3n) is 5.24. The Morgan fingerprint density at radius 3 is 2.50 bits per heavy atom. The summed E-state index contributed by atoms with van der Waals surface area (Å²) in [6, 6.07) is 20.4. The topological polar surface area (TPSA) is 50.2 Å². The van der Waals surface area contributed by atoms with Crippen LogP contribution in [-0.2, 0) is 0 Å². The smallest absolute Gasteiger partial charge is 0.253 e. The number of likely N-dealkylation sites (tertiary alicyclic amines) is 1. The lowest BCUT2D eigenvalue weighted by atomic mass is 10.0. The van der Waals surface area contributed by atoms with Crippen LogP contribution in [0.15, 0.2) is 66.9 Å². The zero-order valence-electron chi connectivity index (χ0n) is 15.9. The Hall–Kier alpha value is -2.63. The molecule has 0 spiro atoms. The quantitative estimate of drug-likeness (QED) is 0.730. The Labute approximate surface area is 171 Å². The number of nitrogens with zero attached hydrogens (tertiary/aromatic N) is 3. The van der Waals surface area contributed by atoms with E-state index in [1.165, 1.54) is 0 Å². The number of piperidine rings is 1. The van der Waals surface area contributed by atoms with E-state index < -0.39 is 0 Å². The van der Waals surface area contributed by atoms with Gasteiger partial charge >= 0.3 is 0 Å². The molecule has 1 N–H and O–H groups in total. The number of carbonyl (C=O) groups is 1. The molecule has 0 atom stereocenters. The van der Waals surface area contributed by atoms with E-state index in [4.69, 9.17) is 0 Å². The van der Waals surface area contributed by atoms with Crippen LogP contribution in [0.3, 0.4) is 0 Å². The van der Waals surface area contributed by atoms with Gasteiger partial charge in [-0.1, -0.05) is 36.4 Å². The first-order valence-electron chi connectivity index (χ1n) is 9.42. The van der Waals surface area contributed by atoms with E-state index in [1.807, 2.05) is 65.2 Å². The van der Waals surface area contributed by atoms with Crippen LogP contribution in [-0.4, -0.2) is 46.8 Å². The monoisotopic (exact) mass is 396 g/mol. The fraction of sp³-hybridized carbons (Fsp3) is 0.273. The molecule has 146 valence electrons. The molecule has 0 saturated carbocycles. The summed E-state index contributed by atoms with van der Waals surface area (Å²) in [6.45, 7) is 1.59. The Morgan fingerprint density at radius 2 is 1.79 bits per heavy atom. The third kappa shape index (κ3) is 4.11. The number of carbonyl (C=O) groups excluding carboxylic acids is 1. The van der Waals surface area contributed by atoms with Gasteiger partial charge in [-0.05, 0) is 44.2 Å². The fourth-order valence-corrected chi connectivity index (χ4v) is 3.66. The molecule has 0 aliphatic carbocycles. The summed E-state index contributed by atoms with van der Waals surface area (Å²) < 4.78 is 1.89. The number of hydrogen-bond donors (Lipinski definition) is 1. The van der Waals surface area contributed by atoms with Crippen molar-refractivity contribution < 1.29 is 4.79 Å². The zero-order chi connectivity index (χ0) is 18.6. The number of aromatic nitrogens is 2. The molecule has 1 fully saturated rings. The molecule has 0 unspecified atom stereocenters. The van der Waals surface area contributed by atoms with Crippen molar-refractivity contribution in [1.82, 2.24) is 20.0 Å². The summed E-state index contributed by atoms with van der Waals surface area (Å²) in [6.07, 6.45) is 3.79. The first-order valence-corrected chi connectivity index (χ1v) is 9.42. The Bertz CT molecular complexity index is 917. The lowest BCUT2D eigenvalue weighted by Crippen LogP contribution is -2.43. The first-order chi connectivity index (χ1) is 13.3. The lowest BCUT2D eigenvalue weighted by Gasteiger charge is -2.32. The van der Waals surface area contributed by atoms with Gasteiger partial charge in [0.15, 0.2) is 0 Å². The largest absolute Gasteiger partial charge is 0.339 e. The number of amides is 1. The second kappa shape index (κ2) is 9.04. The summed E-state index contributed by atoms with van der Waals surface area (Å²) in [7, 11) is 1.99. The van der Waals surface area contributed by atoms with Crippen molar-refractivity contribution in [3.05, 3.63) is 72.4 Å². The molecule has 0 bridgehead atoms.